The van der Waals surface area contributed by atoms with Gasteiger partial charge in [0.2, 0.25) is 0 Å². The fourth-order valence-corrected chi connectivity index (χ4v) is 6.85. The highest BCUT2D eigenvalue weighted by molar-refractivity contribution is 7.38. The maximum absolute atomic E-state index is 6.27. The summed E-state index contributed by atoms with van der Waals surface area (Å²) in [4.78, 5) is 0. The third-order valence-corrected chi connectivity index (χ3v) is 36.9. The second-order valence-corrected chi connectivity index (χ2v) is 41.1. The summed E-state index contributed by atoms with van der Waals surface area (Å²) < 4.78 is 12.5. The molecule has 0 aromatic heterocycles. The number of unbranched alkanes of at least 4 members (excludes halogenated alkanes) is 2. The zero-order valence-electron chi connectivity index (χ0n) is 16.4. The Hall–Kier alpha value is 0.788. The molecule has 6 heteroatoms. The number of rotatable bonds is 10. The van der Waals surface area contributed by atoms with Crippen LogP contribution in [0.3, 0.4) is 0 Å². The molecule has 0 aliphatic heterocycles. The average molecular weight is 365 g/mol. The predicted molar refractivity (Wildman–Crippen MR) is 107 cm³/mol. The largest absolute Gasteiger partial charge is 0.420 e. The van der Waals surface area contributed by atoms with Crippen molar-refractivity contribution in [2.24, 2.45) is 0 Å². The van der Waals surface area contributed by atoms with Crippen LogP contribution in [0.15, 0.2) is 0 Å². The van der Waals surface area contributed by atoms with Crippen molar-refractivity contribution in [2.75, 3.05) is 13.2 Å². The van der Waals surface area contributed by atoms with Crippen LogP contribution in [-0.2, 0) is 8.85 Å². The maximum atomic E-state index is 6.27. The summed E-state index contributed by atoms with van der Waals surface area (Å²) >= 11 is 0. The molecule has 0 rings (SSSR count). The minimum absolute atomic E-state index is 0.957. The molecule has 0 heterocycles. The van der Waals surface area contributed by atoms with Gasteiger partial charge in [0, 0.05) is 13.2 Å². The van der Waals surface area contributed by atoms with E-state index in [4.69, 9.17) is 8.85 Å². The molecule has 2 nitrogen and oxygen atoms in total. The Kier molecular flexibility index (Phi) is 8.36. The zero-order valence-corrected chi connectivity index (χ0v) is 20.4. The van der Waals surface area contributed by atoms with Crippen LogP contribution in [-0.4, -0.2) is 44.1 Å². The van der Waals surface area contributed by atoms with Crippen LogP contribution in [0.4, 0.5) is 0 Å². The molecule has 0 aromatic rings. The highest BCUT2D eigenvalue weighted by atomic mass is 29.3. The van der Waals surface area contributed by atoms with Gasteiger partial charge in [0.05, 0.1) is 15.2 Å². The van der Waals surface area contributed by atoms with Crippen molar-refractivity contribution in [1.29, 1.82) is 0 Å². The summed E-state index contributed by atoms with van der Waals surface area (Å²) in [6.07, 6.45) is 3.63. The van der Waals surface area contributed by atoms with E-state index in [2.05, 4.69) is 65.5 Å². The molecule has 0 unspecified atom stereocenters. The van der Waals surface area contributed by atoms with E-state index in [0.717, 1.165) is 13.2 Å². The first kappa shape index (κ1) is 21.8. The third-order valence-electron chi connectivity index (χ3n) is 5.33. The van der Waals surface area contributed by atoms with Crippen LogP contribution in [0.1, 0.15) is 19.3 Å². The van der Waals surface area contributed by atoms with E-state index in [1.165, 1.54) is 19.3 Å². The summed E-state index contributed by atoms with van der Waals surface area (Å²) in [5.41, 5.74) is 0. The minimum atomic E-state index is -1.41. The van der Waals surface area contributed by atoms with Gasteiger partial charge in [-0.2, -0.15) is 0 Å². The minimum Gasteiger partial charge on any atom is -0.420 e. The van der Waals surface area contributed by atoms with Gasteiger partial charge in [0.1, 0.15) is 0 Å². The molecule has 0 saturated carbocycles. The first-order valence-electron chi connectivity index (χ1n) is 8.49. The van der Waals surface area contributed by atoms with E-state index in [-0.39, 0.29) is 0 Å². The van der Waals surface area contributed by atoms with Crippen LogP contribution in [0, 0.1) is 0 Å². The third kappa shape index (κ3) is 7.74. The Morgan fingerprint density at radius 1 is 0.476 bits per heavy atom. The van der Waals surface area contributed by atoms with Gasteiger partial charge in [-0.3, -0.25) is 0 Å². The van der Waals surface area contributed by atoms with Gasteiger partial charge in [0.15, 0.2) is 15.7 Å². The molecule has 0 aliphatic rings. The Labute approximate surface area is 137 Å². The van der Waals surface area contributed by atoms with E-state index >= 15 is 0 Å². The van der Waals surface area contributed by atoms with Crippen molar-refractivity contribution in [3.8, 4) is 0 Å². The normalized spacial score (nSPS) is 14.6. The topological polar surface area (TPSA) is 18.5 Å². The average Bonchev–Trinajstić information content (AvgIpc) is 2.24. The number of hydrogen-bond acceptors (Lipinski definition) is 2. The molecule has 0 aromatic carbocycles. The van der Waals surface area contributed by atoms with E-state index in [0.29, 0.717) is 0 Å². The predicted octanol–water partition coefficient (Wildman–Crippen LogP) is 5.43. The molecule has 21 heavy (non-hydrogen) atoms. The first-order chi connectivity index (χ1) is 9.21. The molecule has 0 atom stereocenters. The molecule has 0 amide bonds. The molecule has 128 valence electrons. The second-order valence-electron chi connectivity index (χ2n) is 9.28. The summed E-state index contributed by atoms with van der Waals surface area (Å²) in [5, 5.41) is 0. The van der Waals surface area contributed by atoms with Crippen molar-refractivity contribution in [2.45, 2.75) is 84.7 Å². The number of hydrogen-bond donors (Lipinski definition) is 0. The van der Waals surface area contributed by atoms with Gasteiger partial charge in [-0.05, 0) is 45.5 Å². The van der Waals surface area contributed by atoms with Gasteiger partial charge < -0.3 is 8.85 Å². The van der Waals surface area contributed by atoms with E-state index in [1.54, 1.807) is 0 Å². The summed E-state index contributed by atoms with van der Waals surface area (Å²) in [7, 11) is -5.02. The summed E-state index contributed by atoms with van der Waals surface area (Å²) in [6.45, 7) is 26.1. The highest BCUT2D eigenvalue weighted by Gasteiger charge is 2.39. The Bertz CT molecular complexity index is 274. The van der Waals surface area contributed by atoms with E-state index in [9.17, 15) is 0 Å². The molecular weight excluding hydrogens is 325 g/mol. The Morgan fingerprint density at radius 2 is 0.762 bits per heavy atom. The van der Waals surface area contributed by atoms with Crippen molar-refractivity contribution in [1.82, 2.24) is 0 Å². The molecule has 0 N–H and O–H groups in total. The van der Waals surface area contributed by atoms with Crippen LogP contribution < -0.4 is 0 Å². The van der Waals surface area contributed by atoms with Gasteiger partial charge in [0.25, 0.3) is 0 Å². The molecule has 0 aliphatic carbocycles. The zero-order chi connectivity index (χ0) is 16.9. The summed E-state index contributed by atoms with van der Waals surface area (Å²) in [6, 6.07) is 0. The lowest BCUT2D eigenvalue weighted by atomic mass is 10.2. The lowest BCUT2D eigenvalue weighted by molar-refractivity contribution is 0.279. The SMILES string of the molecule is C[Si](C)(C)[Si](C)(C)OCCCCCO[Si](C)(C)[Si](C)(C)C. The van der Waals surface area contributed by atoms with Gasteiger partial charge in [-0.1, -0.05) is 39.3 Å². The van der Waals surface area contributed by atoms with E-state index < -0.39 is 30.9 Å². The van der Waals surface area contributed by atoms with Crippen molar-refractivity contribution >= 4 is 30.9 Å². The van der Waals surface area contributed by atoms with Crippen molar-refractivity contribution in [3.05, 3.63) is 0 Å². The molecule has 0 saturated heterocycles. The Balaban J connectivity index is 3.81. The van der Waals surface area contributed by atoms with Gasteiger partial charge >= 0.3 is 0 Å². The fourth-order valence-electron chi connectivity index (χ4n) is 1.47. The smallest absolute Gasteiger partial charge is 0.173 e. The van der Waals surface area contributed by atoms with E-state index in [1.807, 2.05) is 0 Å². The fraction of sp³-hybridized carbons (Fsp3) is 1.00. The monoisotopic (exact) mass is 364 g/mol. The van der Waals surface area contributed by atoms with Gasteiger partial charge in [-0.15, -0.1) is 0 Å². The quantitative estimate of drug-likeness (QED) is 0.380. The standard InChI is InChI=1S/C15H40O2Si4/c1-18(2,3)20(7,8)16-14-12-11-13-15-17-21(9,10)19(4,5)6/h11-15H2,1-10H3. The molecule has 0 fully saturated rings. The maximum Gasteiger partial charge on any atom is 0.173 e. The summed E-state index contributed by atoms with van der Waals surface area (Å²) in [5.74, 6) is 0. The second kappa shape index (κ2) is 8.06. The van der Waals surface area contributed by atoms with Crippen LogP contribution >= 0.6 is 0 Å². The van der Waals surface area contributed by atoms with Crippen molar-refractivity contribution < 1.29 is 8.85 Å². The lowest BCUT2D eigenvalue weighted by Crippen LogP contribution is -2.55. The van der Waals surface area contributed by atoms with Crippen LogP contribution in [0.5, 0.6) is 0 Å². The van der Waals surface area contributed by atoms with Crippen LogP contribution in [0.25, 0.3) is 0 Å². The Morgan fingerprint density at radius 3 is 1.00 bits per heavy atom. The lowest BCUT2D eigenvalue weighted by Gasteiger charge is -2.35. The molecule has 0 bridgehead atoms. The van der Waals surface area contributed by atoms with Crippen molar-refractivity contribution in [3.63, 3.8) is 0 Å². The molecule has 0 spiro atoms. The van der Waals surface area contributed by atoms with Gasteiger partial charge in [-0.25, -0.2) is 0 Å². The van der Waals surface area contributed by atoms with Crippen LogP contribution in [0.2, 0.25) is 65.5 Å². The highest BCUT2D eigenvalue weighted by Crippen LogP contribution is 2.21. The molecular formula is C15H40O2Si4. The molecule has 0 radical (unpaired) electrons. The first-order valence-corrected chi connectivity index (χ1v) is 23.3.